The van der Waals surface area contributed by atoms with Gasteiger partial charge < -0.3 is 10.6 Å². The molecule has 1 aliphatic rings. The van der Waals surface area contributed by atoms with Gasteiger partial charge in [0.25, 0.3) is 0 Å². The first kappa shape index (κ1) is 8.56. The number of halogens is 1. The van der Waals surface area contributed by atoms with Gasteiger partial charge in [-0.1, -0.05) is 0 Å². The van der Waals surface area contributed by atoms with Crippen molar-refractivity contribution in [2.24, 2.45) is 5.73 Å². The lowest BCUT2D eigenvalue weighted by Gasteiger charge is -2.10. The van der Waals surface area contributed by atoms with Crippen molar-refractivity contribution in [1.82, 2.24) is 4.90 Å². The Balaban J connectivity index is 0.000000640. The number of carbonyl (C=O) groups is 1. The van der Waals surface area contributed by atoms with Gasteiger partial charge in [-0.25, -0.2) is 4.79 Å². The maximum absolute atomic E-state index is 10.3. The van der Waals surface area contributed by atoms with E-state index in [1.807, 2.05) is 0 Å². The van der Waals surface area contributed by atoms with E-state index < -0.39 is 0 Å². The van der Waals surface area contributed by atoms with Gasteiger partial charge >= 0.3 is 6.03 Å². The van der Waals surface area contributed by atoms with E-state index in [0.717, 1.165) is 12.8 Å². The zero-order valence-corrected chi connectivity index (χ0v) is 6.15. The van der Waals surface area contributed by atoms with Crippen LogP contribution in [0.15, 0.2) is 0 Å². The minimum absolute atomic E-state index is 0. The summed E-state index contributed by atoms with van der Waals surface area (Å²) in [6.07, 6.45) is 2.25. The monoisotopic (exact) mass is 150 g/mol. The Bertz CT molecular complexity index is 114. The molecule has 0 radical (unpaired) electrons. The third-order valence-corrected chi connectivity index (χ3v) is 1.44. The quantitative estimate of drug-likeness (QED) is 0.584. The number of rotatable bonds is 1. The van der Waals surface area contributed by atoms with Crippen molar-refractivity contribution in [2.75, 3.05) is 7.05 Å². The van der Waals surface area contributed by atoms with Gasteiger partial charge in [-0.15, -0.1) is 12.4 Å². The third kappa shape index (κ3) is 2.10. The predicted octanol–water partition coefficient (Wildman–Crippen LogP) is 0.581. The van der Waals surface area contributed by atoms with E-state index >= 15 is 0 Å². The first-order valence-electron chi connectivity index (χ1n) is 2.74. The molecule has 2 N–H and O–H groups in total. The van der Waals surface area contributed by atoms with E-state index in [1.54, 1.807) is 11.9 Å². The van der Waals surface area contributed by atoms with Gasteiger partial charge in [0.1, 0.15) is 0 Å². The summed E-state index contributed by atoms with van der Waals surface area (Å²) >= 11 is 0. The van der Waals surface area contributed by atoms with Crippen LogP contribution >= 0.6 is 12.4 Å². The number of urea groups is 1. The molecule has 0 unspecified atom stereocenters. The standard InChI is InChI=1S/C5H10N2O.ClH/c1-7(5(6)8)4-2-3-4;/h4H,2-3H2,1H3,(H2,6,8);1H. The molecule has 0 aliphatic heterocycles. The molecule has 0 aromatic heterocycles. The maximum atomic E-state index is 10.3. The van der Waals surface area contributed by atoms with E-state index in [2.05, 4.69) is 0 Å². The van der Waals surface area contributed by atoms with Gasteiger partial charge in [-0.3, -0.25) is 0 Å². The number of hydrogen-bond donors (Lipinski definition) is 1. The van der Waals surface area contributed by atoms with Crippen molar-refractivity contribution in [3.63, 3.8) is 0 Å². The summed E-state index contributed by atoms with van der Waals surface area (Å²) in [6, 6.07) is 0.139. The van der Waals surface area contributed by atoms with E-state index in [4.69, 9.17) is 5.73 Å². The highest BCUT2D eigenvalue weighted by atomic mass is 35.5. The van der Waals surface area contributed by atoms with E-state index in [1.165, 1.54) is 0 Å². The Hall–Kier alpha value is -0.440. The van der Waals surface area contributed by atoms with Crippen molar-refractivity contribution < 1.29 is 4.79 Å². The van der Waals surface area contributed by atoms with Crippen LogP contribution in [0.3, 0.4) is 0 Å². The minimum Gasteiger partial charge on any atom is -0.351 e. The zero-order chi connectivity index (χ0) is 6.15. The number of nitrogens with two attached hydrogens (primary N) is 1. The number of hydrogen-bond acceptors (Lipinski definition) is 1. The molecule has 1 aliphatic carbocycles. The summed E-state index contributed by atoms with van der Waals surface area (Å²) in [4.78, 5) is 11.9. The fourth-order valence-corrected chi connectivity index (χ4v) is 0.642. The van der Waals surface area contributed by atoms with Crippen LogP contribution in [0.25, 0.3) is 0 Å². The second-order valence-electron chi connectivity index (χ2n) is 2.18. The van der Waals surface area contributed by atoms with Crippen molar-refractivity contribution in [3.8, 4) is 0 Å². The molecular weight excluding hydrogens is 140 g/mol. The SMILES string of the molecule is CN(C(N)=O)C1CC1.Cl. The second kappa shape index (κ2) is 2.92. The van der Waals surface area contributed by atoms with Crippen LogP contribution in [0.5, 0.6) is 0 Å². The molecule has 54 valence electrons. The molecule has 0 spiro atoms. The van der Waals surface area contributed by atoms with Crippen molar-refractivity contribution >= 4 is 18.4 Å². The zero-order valence-electron chi connectivity index (χ0n) is 5.33. The lowest BCUT2D eigenvalue weighted by atomic mass is 10.6. The summed E-state index contributed by atoms with van der Waals surface area (Å²) in [7, 11) is 1.74. The fraction of sp³-hybridized carbons (Fsp3) is 0.800. The molecule has 1 rings (SSSR count). The molecule has 4 heteroatoms. The molecular formula is C5H11ClN2O. The van der Waals surface area contributed by atoms with Crippen molar-refractivity contribution in [2.45, 2.75) is 18.9 Å². The minimum atomic E-state index is -0.312. The van der Waals surface area contributed by atoms with Crippen molar-refractivity contribution in [3.05, 3.63) is 0 Å². The molecule has 2 amide bonds. The Kier molecular flexibility index (Phi) is 2.77. The number of primary amides is 1. The molecule has 3 nitrogen and oxygen atoms in total. The van der Waals surface area contributed by atoms with Gasteiger partial charge in [0, 0.05) is 13.1 Å². The Labute approximate surface area is 60.6 Å². The summed E-state index contributed by atoms with van der Waals surface area (Å²) in [5.41, 5.74) is 4.96. The Morgan fingerprint density at radius 1 is 1.67 bits per heavy atom. The molecule has 0 atom stereocenters. The van der Waals surface area contributed by atoms with Crippen LogP contribution in [-0.4, -0.2) is 24.0 Å². The lowest BCUT2D eigenvalue weighted by Crippen LogP contribution is -2.33. The van der Waals surface area contributed by atoms with Crippen LogP contribution in [0, 0.1) is 0 Å². The highest BCUT2D eigenvalue weighted by molar-refractivity contribution is 5.85. The average Bonchev–Trinajstić information content (AvgIpc) is 2.43. The lowest BCUT2D eigenvalue weighted by molar-refractivity contribution is 0.216. The Morgan fingerprint density at radius 3 is 2.22 bits per heavy atom. The van der Waals surface area contributed by atoms with Crippen LogP contribution in [0.2, 0.25) is 0 Å². The van der Waals surface area contributed by atoms with E-state index in [0.29, 0.717) is 6.04 Å². The van der Waals surface area contributed by atoms with E-state index in [-0.39, 0.29) is 18.4 Å². The number of amides is 2. The first-order valence-corrected chi connectivity index (χ1v) is 2.74. The highest BCUT2D eigenvalue weighted by Gasteiger charge is 2.27. The van der Waals surface area contributed by atoms with Gasteiger partial charge in [-0.2, -0.15) is 0 Å². The number of carbonyl (C=O) groups excluding carboxylic acids is 1. The molecule has 0 aromatic rings. The molecule has 0 aromatic carbocycles. The third-order valence-electron chi connectivity index (χ3n) is 1.44. The fourth-order valence-electron chi connectivity index (χ4n) is 0.642. The van der Waals surface area contributed by atoms with Gasteiger partial charge in [0.2, 0.25) is 0 Å². The smallest absolute Gasteiger partial charge is 0.314 e. The van der Waals surface area contributed by atoms with Crippen LogP contribution in [0.1, 0.15) is 12.8 Å². The predicted molar refractivity (Wildman–Crippen MR) is 37.6 cm³/mol. The molecule has 0 saturated heterocycles. The summed E-state index contributed by atoms with van der Waals surface area (Å²) in [5.74, 6) is 0. The van der Waals surface area contributed by atoms with Gasteiger partial charge in [0.05, 0.1) is 0 Å². The topological polar surface area (TPSA) is 46.3 Å². The largest absolute Gasteiger partial charge is 0.351 e. The average molecular weight is 151 g/mol. The van der Waals surface area contributed by atoms with Crippen LogP contribution in [-0.2, 0) is 0 Å². The van der Waals surface area contributed by atoms with Crippen LogP contribution < -0.4 is 5.73 Å². The molecule has 0 bridgehead atoms. The molecule has 9 heavy (non-hydrogen) atoms. The summed E-state index contributed by atoms with van der Waals surface area (Å²) in [5, 5.41) is 0. The van der Waals surface area contributed by atoms with E-state index in [9.17, 15) is 4.79 Å². The van der Waals surface area contributed by atoms with Crippen LogP contribution in [0.4, 0.5) is 4.79 Å². The maximum Gasteiger partial charge on any atom is 0.314 e. The van der Waals surface area contributed by atoms with Gasteiger partial charge in [-0.05, 0) is 12.8 Å². The van der Waals surface area contributed by atoms with Crippen molar-refractivity contribution in [1.29, 1.82) is 0 Å². The molecule has 1 saturated carbocycles. The Morgan fingerprint density at radius 2 is 2.11 bits per heavy atom. The number of nitrogens with zero attached hydrogens (tertiary/aromatic N) is 1. The second-order valence-corrected chi connectivity index (χ2v) is 2.18. The molecule has 0 heterocycles. The summed E-state index contributed by atoms with van der Waals surface area (Å²) in [6.45, 7) is 0. The first-order chi connectivity index (χ1) is 3.72. The molecule has 1 fully saturated rings. The highest BCUT2D eigenvalue weighted by Crippen LogP contribution is 2.24. The van der Waals surface area contributed by atoms with Gasteiger partial charge in [0.15, 0.2) is 0 Å². The summed E-state index contributed by atoms with van der Waals surface area (Å²) < 4.78 is 0. The normalized spacial score (nSPS) is 16.1.